The molecule has 0 spiro atoms. The predicted octanol–water partition coefficient (Wildman–Crippen LogP) is 7.85. The standard InChI is InChI=1S/C32H31ClN2O3/c1-19-10-13-22(16-24(19)33)35-25-17-32(2,3)18-26(36)28(25)27(20-11-14-23(38-4)15-12-20)29(31(35)34)30(37)21-8-6-5-7-9-21/h5-16,27,34,37H,17-18H2,1-4H3/b30-29+,34-31?. The number of Topliss-reactive ketones (excluding diaryl/α,β-unsaturated/α-hetero) is 1. The Labute approximate surface area is 228 Å². The molecule has 1 unspecified atom stereocenters. The monoisotopic (exact) mass is 526 g/mol. The van der Waals surface area contributed by atoms with E-state index in [9.17, 15) is 15.3 Å². The second-order valence-electron chi connectivity index (χ2n) is 10.8. The molecule has 0 bridgehead atoms. The van der Waals surface area contributed by atoms with Crippen LogP contribution in [0.5, 0.6) is 5.75 Å². The number of carbonyl (C=O) groups excluding carboxylic acids is 1. The number of amidine groups is 1. The van der Waals surface area contributed by atoms with Crippen LogP contribution in [0, 0.1) is 17.7 Å². The highest BCUT2D eigenvalue weighted by Gasteiger charge is 2.46. The van der Waals surface area contributed by atoms with E-state index in [1.165, 1.54) is 0 Å². The lowest BCUT2D eigenvalue weighted by Crippen LogP contribution is -2.45. The van der Waals surface area contributed by atoms with E-state index in [1.54, 1.807) is 12.0 Å². The van der Waals surface area contributed by atoms with Crippen LogP contribution in [-0.4, -0.2) is 23.8 Å². The van der Waals surface area contributed by atoms with Gasteiger partial charge in [0.1, 0.15) is 17.3 Å². The van der Waals surface area contributed by atoms with Gasteiger partial charge in [-0.2, -0.15) is 0 Å². The summed E-state index contributed by atoms with van der Waals surface area (Å²) < 4.78 is 5.37. The number of hydrogen-bond donors (Lipinski definition) is 2. The van der Waals surface area contributed by atoms with Crippen molar-refractivity contribution in [1.82, 2.24) is 0 Å². The third kappa shape index (κ3) is 4.52. The number of hydrogen-bond acceptors (Lipinski definition) is 4. The molecule has 3 aromatic carbocycles. The van der Waals surface area contributed by atoms with Gasteiger partial charge in [-0.3, -0.25) is 15.1 Å². The Kier molecular flexibility index (Phi) is 6.66. The summed E-state index contributed by atoms with van der Waals surface area (Å²) in [5.41, 5.74) is 4.50. The molecule has 2 aliphatic rings. The number of allylic oxidation sites excluding steroid dienone is 2. The second kappa shape index (κ2) is 9.80. The Morgan fingerprint density at radius 3 is 2.37 bits per heavy atom. The van der Waals surface area contributed by atoms with Gasteiger partial charge >= 0.3 is 0 Å². The molecular weight excluding hydrogens is 496 g/mol. The molecule has 0 amide bonds. The van der Waals surface area contributed by atoms with E-state index in [1.807, 2.05) is 79.7 Å². The van der Waals surface area contributed by atoms with Crippen molar-refractivity contribution in [2.24, 2.45) is 5.41 Å². The van der Waals surface area contributed by atoms with E-state index in [0.29, 0.717) is 46.0 Å². The van der Waals surface area contributed by atoms with Crippen LogP contribution in [0.4, 0.5) is 5.69 Å². The van der Waals surface area contributed by atoms with Gasteiger partial charge in [0.2, 0.25) is 0 Å². The van der Waals surface area contributed by atoms with Crippen molar-refractivity contribution in [1.29, 1.82) is 5.41 Å². The molecule has 3 aromatic rings. The van der Waals surface area contributed by atoms with Gasteiger partial charge in [-0.05, 0) is 54.2 Å². The normalized spacial score (nSPS) is 20.3. The van der Waals surface area contributed by atoms with Crippen LogP contribution in [0.25, 0.3) is 5.76 Å². The molecule has 5 rings (SSSR count). The molecular formula is C32H31ClN2O3. The summed E-state index contributed by atoms with van der Waals surface area (Å²) in [4.78, 5) is 15.7. The zero-order valence-electron chi connectivity index (χ0n) is 22.0. The van der Waals surface area contributed by atoms with E-state index in [2.05, 4.69) is 13.8 Å². The predicted molar refractivity (Wildman–Crippen MR) is 153 cm³/mol. The Bertz CT molecular complexity index is 1490. The number of rotatable bonds is 4. The van der Waals surface area contributed by atoms with Gasteiger partial charge in [0.25, 0.3) is 0 Å². The number of anilines is 1. The Morgan fingerprint density at radius 1 is 1.05 bits per heavy atom. The van der Waals surface area contributed by atoms with Gasteiger partial charge < -0.3 is 9.84 Å². The highest BCUT2D eigenvalue weighted by Crippen LogP contribution is 2.51. The van der Waals surface area contributed by atoms with Crippen molar-refractivity contribution in [3.05, 3.63) is 111 Å². The molecule has 0 saturated carbocycles. The topological polar surface area (TPSA) is 73.6 Å². The van der Waals surface area contributed by atoms with Gasteiger partial charge in [-0.15, -0.1) is 0 Å². The van der Waals surface area contributed by atoms with E-state index in [0.717, 1.165) is 16.8 Å². The van der Waals surface area contributed by atoms with Crippen LogP contribution < -0.4 is 9.64 Å². The lowest BCUT2D eigenvalue weighted by molar-refractivity contribution is -0.118. The SMILES string of the molecule is COc1ccc(C2C3=C(CC(C)(C)CC3=O)N(c3ccc(C)c(Cl)c3)C(=N)/C2=C(/O)c2ccccc2)cc1. The van der Waals surface area contributed by atoms with Crippen molar-refractivity contribution in [2.75, 3.05) is 12.0 Å². The van der Waals surface area contributed by atoms with Gasteiger partial charge in [-0.1, -0.05) is 74.0 Å². The number of carbonyl (C=O) groups is 1. The summed E-state index contributed by atoms with van der Waals surface area (Å²) in [7, 11) is 1.61. The summed E-state index contributed by atoms with van der Waals surface area (Å²) in [6, 6.07) is 22.3. The molecule has 0 fully saturated rings. The minimum atomic E-state index is -0.607. The molecule has 0 radical (unpaired) electrons. The first-order chi connectivity index (χ1) is 18.1. The number of benzene rings is 3. The first-order valence-electron chi connectivity index (χ1n) is 12.7. The van der Waals surface area contributed by atoms with Gasteiger partial charge in [-0.25, -0.2) is 0 Å². The maximum absolute atomic E-state index is 14.0. The molecule has 0 saturated heterocycles. The number of ether oxygens (including phenoxy) is 1. The summed E-state index contributed by atoms with van der Waals surface area (Å²) in [6.07, 6.45) is 0.988. The molecule has 0 aromatic heterocycles. The van der Waals surface area contributed by atoms with Crippen LogP contribution in [0.15, 0.2) is 89.6 Å². The summed E-state index contributed by atoms with van der Waals surface area (Å²) >= 11 is 6.54. The van der Waals surface area contributed by atoms with Gasteiger partial charge in [0.05, 0.1) is 7.11 Å². The average molecular weight is 527 g/mol. The van der Waals surface area contributed by atoms with Gasteiger partial charge in [0.15, 0.2) is 5.78 Å². The number of nitrogens with one attached hydrogen (secondary N) is 1. The summed E-state index contributed by atoms with van der Waals surface area (Å²) in [5, 5.41) is 21.8. The van der Waals surface area contributed by atoms with Crippen molar-refractivity contribution >= 4 is 34.7 Å². The third-order valence-corrected chi connectivity index (χ3v) is 7.79. The molecule has 1 atom stereocenters. The molecule has 5 nitrogen and oxygen atoms in total. The number of aliphatic hydroxyl groups is 1. The maximum atomic E-state index is 14.0. The molecule has 194 valence electrons. The van der Waals surface area contributed by atoms with Crippen LogP contribution in [0.3, 0.4) is 0 Å². The summed E-state index contributed by atoms with van der Waals surface area (Å²) in [5.74, 6) is 0.203. The number of methoxy groups -OCH3 is 1. The number of nitrogens with zero attached hydrogens (tertiary/aromatic N) is 1. The zero-order valence-corrected chi connectivity index (χ0v) is 22.8. The van der Waals surface area contributed by atoms with Crippen molar-refractivity contribution in [2.45, 2.75) is 39.5 Å². The van der Waals surface area contributed by atoms with E-state index in [4.69, 9.17) is 16.3 Å². The molecule has 1 heterocycles. The number of aryl methyl sites for hydroxylation is 1. The fraction of sp³-hybridized carbons (Fsp3) is 0.250. The Morgan fingerprint density at radius 2 is 1.74 bits per heavy atom. The van der Waals surface area contributed by atoms with E-state index in [-0.39, 0.29) is 22.8 Å². The largest absolute Gasteiger partial charge is 0.507 e. The lowest BCUT2D eigenvalue weighted by atomic mass is 9.67. The highest BCUT2D eigenvalue weighted by molar-refractivity contribution is 6.32. The van der Waals surface area contributed by atoms with E-state index < -0.39 is 5.92 Å². The zero-order chi connectivity index (χ0) is 27.2. The first kappa shape index (κ1) is 25.8. The Hall–Kier alpha value is -3.83. The van der Waals surface area contributed by atoms with Gasteiger partial charge in [0, 0.05) is 45.5 Å². The van der Waals surface area contributed by atoms with Crippen LogP contribution >= 0.6 is 11.6 Å². The van der Waals surface area contributed by atoms with Crippen molar-refractivity contribution in [3.8, 4) is 5.75 Å². The quantitative estimate of drug-likeness (QED) is 0.339. The number of halogens is 1. The molecule has 1 aliphatic carbocycles. The molecule has 2 N–H and O–H groups in total. The molecule has 6 heteroatoms. The molecule has 38 heavy (non-hydrogen) atoms. The van der Waals surface area contributed by atoms with Crippen LogP contribution in [-0.2, 0) is 4.79 Å². The first-order valence-corrected chi connectivity index (χ1v) is 13.0. The fourth-order valence-electron chi connectivity index (χ4n) is 5.50. The smallest absolute Gasteiger partial charge is 0.162 e. The minimum Gasteiger partial charge on any atom is -0.507 e. The average Bonchev–Trinajstić information content (AvgIpc) is 2.89. The number of ketones is 1. The third-order valence-electron chi connectivity index (χ3n) is 7.39. The number of aliphatic hydroxyl groups excluding tert-OH is 1. The maximum Gasteiger partial charge on any atom is 0.162 e. The van der Waals surface area contributed by atoms with Crippen LogP contribution in [0.1, 0.15) is 49.3 Å². The highest BCUT2D eigenvalue weighted by atomic mass is 35.5. The molecule has 1 aliphatic heterocycles. The second-order valence-corrected chi connectivity index (χ2v) is 11.2. The summed E-state index contributed by atoms with van der Waals surface area (Å²) in [6.45, 7) is 6.08. The van der Waals surface area contributed by atoms with E-state index >= 15 is 0 Å². The fourth-order valence-corrected chi connectivity index (χ4v) is 5.68. The Balaban J connectivity index is 1.84. The van der Waals surface area contributed by atoms with Crippen molar-refractivity contribution in [3.63, 3.8) is 0 Å². The minimum absolute atomic E-state index is 0.0196. The van der Waals surface area contributed by atoms with Crippen LogP contribution in [0.2, 0.25) is 5.02 Å². The van der Waals surface area contributed by atoms with Crippen molar-refractivity contribution < 1.29 is 14.6 Å². The lowest BCUT2D eigenvalue weighted by Gasteiger charge is -2.45.